The first kappa shape index (κ1) is 40.3. The lowest BCUT2D eigenvalue weighted by atomic mass is 9.57. The van der Waals surface area contributed by atoms with Crippen LogP contribution in [0.25, 0.3) is 0 Å². The summed E-state index contributed by atoms with van der Waals surface area (Å²) < 4.78 is 96.2. The van der Waals surface area contributed by atoms with E-state index in [4.69, 9.17) is 8.92 Å². The molecule has 15 heteroatoms. The van der Waals surface area contributed by atoms with Gasteiger partial charge in [-0.2, -0.15) is 12.7 Å². The fourth-order valence-corrected chi connectivity index (χ4v) is 17.4. The van der Waals surface area contributed by atoms with Gasteiger partial charge in [0.05, 0.1) is 36.0 Å². The van der Waals surface area contributed by atoms with E-state index in [2.05, 4.69) is 51.4 Å². The third kappa shape index (κ3) is 10.7. The second kappa shape index (κ2) is 15.4. The zero-order chi connectivity index (χ0) is 34.7. The Labute approximate surface area is 283 Å². The van der Waals surface area contributed by atoms with E-state index in [1.807, 2.05) is 0 Å². The highest BCUT2D eigenvalue weighted by Gasteiger charge is 2.65. The Morgan fingerprint density at radius 1 is 0.761 bits per heavy atom. The number of fused-ring (bicyclic) bond motifs is 6. The molecule has 0 unspecified atom stereocenters. The van der Waals surface area contributed by atoms with Crippen molar-refractivity contribution in [1.82, 2.24) is 8.61 Å². The highest BCUT2D eigenvalue weighted by atomic mass is 32.2. The number of allylic oxidation sites excluding steroid dienone is 2. The maximum atomic E-state index is 14.2. The highest BCUT2D eigenvalue weighted by molar-refractivity contribution is 7.89. The van der Waals surface area contributed by atoms with Crippen LogP contribution in [0, 0.1) is 11.3 Å². The number of hydrogen-bond donors (Lipinski definition) is 0. The molecule has 0 aromatic carbocycles. The van der Waals surface area contributed by atoms with Crippen molar-refractivity contribution in [3.05, 3.63) is 12.2 Å². The molecular weight excluding hydrogens is 681 g/mol. The van der Waals surface area contributed by atoms with Crippen molar-refractivity contribution in [2.45, 2.75) is 121 Å². The van der Waals surface area contributed by atoms with Crippen molar-refractivity contribution in [2.75, 3.05) is 51.1 Å². The predicted molar refractivity (Wildman–Crippen MR) is 193 cm³/mol. The summed E-state index contributed by atoms with van der Waals surface area (Å²) in [7, 11) is -12.7. The van der Waals surface area contributed by atoms with E-state index in [0.717, 1.165) is 25.5 Å². The summed E-state index contributed by atoms with van der Waals surface area (Å²) in [5, 5.41) is 0. The Bertz CT molecular complexity index is 1380. The molecule has 1 saturated heterocycles. The van der Waals surface area contributed by atoms with Crippen LogP contribution in [0.3, 0.4) is 0 Å². The summed E-state index contributed by atoms with van der Waals surface area (Å²) in [6.07, 6.45) is 11.3. The van der Waals surface area contributed by atoms with Crippen molar-refractivity contribution in [2.24, 2.45) is 11.3 Å². The van der Waals surface area contributed by atoms with Crippen LogP contribution in [0.15, 0.2) is 12.2 Å². The van der Waals surface area contributed by atoms with Gasteiger partial charge in [0.2, 0.25) is 20.0 Å². The molecule has 1 saturated carbocycles. The Morgan fingerprint density at radius 2 is 1.37 bits per heavy atom. The largest absolute Gasteiger partial charge is 0.377 e. The smallest absolute Gasteiger partial charge is 0.264 e. The van der Waals surface area contributed by atoms with Gasteiger partial charge in [-0.25, -0.2) is 21.1 Å². The van der Waals surface area contributed by atoms with Crippen LogP contribution in [0.2, 0.25) is 51.4 Å². The molecule has 2 heterocycles. The molecule has 0 amide bonds. The molecule has 0 aromatic rings. The van der Waals surface area contributed by atoms with Gasteiger partial charge in [0.25, 0.3) is 10.1 Å². The number of rotatable bonds is 12. The van der Waals surface area contributed by atoms with Crippen LogP contribution < -0.4 is 0 Å². The van der Waals surface area contributed by atoms with E-state index in [1.54, 1.807) is 15.7 Å². The third-order valence-electron chi connectivity index (χ3n) is 10.4. The standard InChI is InChI=1S/C31H62N2O8S3Si2/c1-40-31-17-13-11-9-10-12-14-20-32(43(36,37)23-25-45(3,4)5)21-16-28(15-18-31)30(27-41-42(2,34)35)19-22-33(29(30)31)44(38,39)24-26-46(6,7)8/h9,11,28-29H,10,12-27H2,1-8H3/b11-9-/t28-,29-,30+,31+/m1/s1. The quantitative estimate of drug-likeness (QED) is 0.149. The van der Waals surface area contributed by atoms with Gasteiger partial charge in [-0.1, -0.05) is 51.4 Å². The minimum atomic E-state index is -3.83. The molecule has 46 heavy (non-hydrogen) atoms. The molecule has 1 aliphatic carbocycles. The molecule has 0 radical (unpaired) electrons. The van der Waals surface area contributed by atoms with Crippen LogP contribution in [0.5, 0.6) is 0 Å². The van der Waals surface area contributed by atoms with Crippen molar-refractivity contribution < 1.29 is 34.2 Å². The monoisotopic (exact) mass is 742 g/mol. The van der Waals surface area contributed by atoms with Crippen LogP contribution in [-0.4, -0.2) is 113 Å². The van der Waals surface area contributed by atoms with Gasteiger partial charge in [-0.3, -0.25) is 4.18 Å². The minimum absolute atomic E-state index is 0.0513. The number of hydrogen-bond acceptors (Lipinski definition) is 8. The van der Waals surface area contributed by atoms with Gasteiger partial charge in [0, 0.05) is 48.3 Å². The Hall–Kier alpha value is -0.136. The molecule has 2 bridgehead atoms. The van der Waals surface area contributed by atoms with Crippen molar-refractivity contribution in [3.8, 4) is 0 Å². The summed E-state index contributed by atoms with van der Waals surface area (Å²) in [6, 6.07) is 0.696. The van der Waals surface area contributed by atoms with Crippen LogP contribution in [-0.2, 0) is 39.1 Å². The summed E-state index contributed by atoms with van der Waals surface area (Å²) in [5.74, 6) is 0.0409. The first-order valence-corrected chi connectivity index (χ1v) is 29.5. The lowest BCUT2D eigenvalue weighted by Gasteiger charge is -2.56. The Morgan fingerprint density at radius 3 is 1.96 bits per heavy atom. The average molecular weight is 743 g/mol. The van der Waals surface area contributed by atoms with Gasteiger partial charge in [0.15, 0.2) is 0 Å². The van der Waals surface area contributed by atoms with E-state index in [-0.39, 0.29) is 30.6 Å². The molecule has 270 valence electrons. The van der Waals surface area contributed by atoms with Gasteiger partial charge in [-0.05, 0) is 75.8 Å². The lowest BCUT2D eigenvalue weighted by molar-refractivity contribution is -0.147. The van der Waals surface area contributed by atoms with Gasteiger partial charge >= 0.3 is 0 Å². The van der Waals surface area contributed by atoms with E-state index in [9.17, 15) is 25.3 Å². The van der Waals surface area contributed by atoms with Crippen LogP contribution in [0.4, 0.5) is 0 Å². The number of sulfonamides is 2. The Kier molecular flexibility index (Phi) is 13.5. The molecule has 3 aliphatic rings. The van der Waals surface area contributed by atoms with E-state index in [1.165, 1.54) is 0 Å². The molecule has 0 aromatic heterocycles. The number of methoxy groups -OCH3 is 1. The molecule has 0 N–H and O–H groups in total. The maximum absolute atomic E-state index is 14.2. The molecule has 3 rings (SSSR count). The van der Waals surface area contributed by atoms with E-state index in [0.29, 0.717) is 63.7 Å². The normalized spacial score (nSPS) is 30.9. The van der Waals surface area contributed by atoms with Crippen LogP contribution >= 0.6 is 0 Å². The molecule has 10 nitrogen and oxygen atoms in total. The molecule has 2 aliphatic heterocycles. The zero-order valence-electron chi connectivity index (χ0n) is 29.7. The van der Waals surface area contributed by atoms with Gasteiger partial charge in [0.1, 0.15) is 0 Å². The average Bonchev–Trinajstić information content (AvgIpc) is 3.34. The molecule has 0 spiro atoms. The van der Waals surface area contributed by atoms with Crippen molar-refractivity contribution in [3.63, 3.8) is 0 Å². The highest BCUT2D eigenvalue weighted by Crippen LogP contribution is 2.58. The summed E-state index contributed by atoms with van der Waals surface area (Å²) in [4.78, 5) is 0. The first-order valence-electron chi connectivity index (χ1n) is 17.1. The Balaban J connectivity index is 2.12. The minimum Gasteiger partial charge on any atom is -0.377 e. The lowest BCUT2D eigenvalue weighted by Crippen LogP contribution is -2.65. The van der Waals surface area contributed by atoms with Crippen molar-refractivity contribution >= 4 is 46.3 Å². The molecule has 4 atom stereocenters. The summed E-state index contributed by atoms with van der Waals surface area (Å²) >= 11 is 0. The molecule has 2 fully saturated rings. The van der Waals surface area contributed by atoms with Gasteiger partial charge < -0.3 is 4.74 Å². The van der Waals surface area contributed by atoms with Crippen LogP contribution in [0.1, 0.15) is 57.8 Å². The summed E-state index contributed by atoms with van der Waals surface area (Å²) in [5.41, 5.74) is -1.67. The fraction of sp³-hybridized carbons (Fsp3) is 0.935. The maximum Gasteiger partial charge on any atom is 0.264 e. The third-order valence-corrected chi connectivity index (χ3v) is 18.9. The van der Waals surface area contributed by atoms with E-state index < -0.39 is 63.4 Å². The second-order valence-corrected chi connectivity index (χ2v) is 33.4. The number of ether oxygens (including phenoxy) is 1. The first-order chi connectivity index (χ1) is 21.1. The summed E-state index contributed by atoms with van der Waals surface area (Å²) in [6.45, 7) is 13.9. The number of nitrogens with zero attached hydrogens (tertiary/aromatic N) is 2. The van der Waals surface area contributed by atoms with E-state index >= 15 is 0 Å². The SMILES string of the molecule is CO[C@@]12CC/C=C\CCCCN(S(=O)(=O)CC[Si](C)(C)C)CC[C@@H](CC1)[C@@]1(COS(C)(=O)=O)CCN(S(=O)(=O)CC[Si](C)(C)C)[C@@H]21. The van der Waals surface area contributed by atoms with Crippen molar-refractivity contribution in [1.29, 1.82) is 0 Å². The second-order valence-electron chi connectivity index (χ2n) is 16.4. The zero-order valence-corrected chi connectivity index (χ0v) is 34.2. The topological polar surface area (TPSA) is 127 Å². The molecular formula is C31H62N2O8S3Si2. The predicted octanol–water partition coefficient (Wildman–Crippen LogP) is 5.37. The fourth-order valence-electron chi connectivity index (χ4n) is 7.64. The van der Waals surface area contributed by atoms with Gasteiger partial charge in [-0.15, -0.1) is 0 Å².